The van der Waals surface area contributed by atoms with Crippen molar-refractivity contribution in [2.75, 3.05) is 24.3 Å². The number of aromatic nitrogens is 2. The van der Waals surface area contributed by atoms with E-state index in [9.17, 15) is 0 Å². The van der Waals surface area contributed by atoms with Gasteiger partial charge in [0, 0.05) is 38.1 Å². The van der Waals surface area contributed by atoms with Gasteiger partial charge in [-0.1, -0.05) is 30.3 Å². The van der Waals surface area contributed by atoms with E-state index >= 15 is 0 Å². The van der Waals surface area contributed by atoms with Crippen LogP contribution in [0.5, 0.6) is 0 Å². The fourth-order valence-electron chi connectivity index (χ4n) is 4.35. The highest BCUT2D eigenvalue weighted by molar-refractivity contribution is 5.90. The number of fused-ring (bicyclic) bond motifs is 1. The van der Waals surface area contributed by atoms with Crippen molar-refractivity contribution in [2.45, 2.75) is 58.2 Å². The highest BCUT2D eigenvalue weighted by atomic mass is 15.2. The Morgan fingerprint density at radius 1 is 0.900 bits per heavy atom. The van der Waals surface area contributed by atoms with Crippen LogP contribution in [0, 0.1) is 13.8 Å². The van der Waals surface area contributed by atoms with Gasteiger partial charge >= 0.3 is 0 Å². The molecule has 1 saturated carbocycles. The van der Waals surface area contributed by atoms with E-state index in [0.29, 0.717) is 12.1 Å². The Morgan fingerprint density at radius 2 is 1.63 bits per heavy atom. The summed E-state index contributed by atoms with van der Waals surface area (Å²) in [6.45, 7) is 5.36. The lowest BCUT2D eigenvalue weighted by Crippen LogP contribution is -2.37. The summed E-state index contributed by atoms with van der Waals surface area (Å²) in [6, 6.07) is 15.8. The van der Waals surface area contributed by atoms with E-state index < -0.39 is 0 Å². The zero-order valence-corrected chi connectivity index (χ0v) is 18.6. The molecular weight excluding hydrogens is 370 g/mol. The predicted molar refractivity (Wildman–Crippen MR) is 126 cm³/mol. The molecule has 0 aliphatic heterocycles. The molecule has 0 unspecified atom stereocenters. The first-order valence-electron chi connectivity index (χ1n) is 11.0. The molecule has 1 aliphatic carbocycles. The SMILES string of the molecule is Cc1cccc(CN[C@H]2CC[C@@H](Nc3nc(N(C)C)c4ccccc4n3)CC2)c1C. The van der Waals surface area contributed by atoms with Gasteiger partial charge in [0.1, 0.15) is 5.82 Å². The number of hydrogen-bond donors (Lipinski definition) is 2. The zero-order chi connectivity index (χ0) is 21.1. The maximum atomic E-state index is 4.80. The van der Waals surface area contributed by atoms with Gasteiger partial charge in [-0.3, -0.25) is 0 Å². The normalized spacial score (nSPS) is 19.1. The Labute approximate surface area is 179 Å². The second kappa shape index (κ2) is 9.00. The van der Waals surface area contributed by atoms with Crippen LogP contribution in [0.4, 0.5) is 11.8 Å². The molecule has 0 amide bonds. The smallest absolute Gasteiger partial charge is 0.225 e. The van der Waals surface area contributed by atoms with E-state index in [1.807, 2.05) is 26.2 Å². The van der Waals surface area contributed by atoms with E-state index in [1.165, 1.54) is 29.5 Å². The van der Waals surface area contributed by atoms with Gasteiger partial charge in [0.05, 0.1) is 5.52 Å². The minimum atomic E-state index is 0.430. The standard InChI is InChI=1S/C25H33N5/c1-17-8-7-9-19(18(17)2)16-26-20-12-14-21(15-13-20)27-25-28-23-11-6-5-10-22(23)24(29-25)30(3)4/h5-11,20-21,26H,12-16H2,1-4H3,(H,27,28,29)/t20-,21+. The van der Waals surface area contributed by atoms with Crippen molar-refractivity contribution in [1.29, 1.82) is 0 Å². The predicted octanol–water partition coefficient (Wildman–Crippen LogP) is 4.83. The number of rotatable bonds is 6. The lowest BCUT2D eigenvalue weighted by molar-refractivity contribution is 0.352. The summed E-state index contributed by atoms with van der Waals surface area (Å²) < 4.78 is 0. The molecule has 1 heterocycles. The van der Waals surface area contributed by atoms with Crippen LogP contribution in [-0.2, 0) is 6.54 Å². The van der Waals surface area contributed by atoms with E-state index in [4.69, 9.17) is 9.97 Å². The van der Waals surface area contributed by atoms with E-state index in [2.05, 4.69) is 59.7 Å². The summed E-state index contributed by atoms with van der Waals surface area (Å²) in [5.41, 5.74) is 5.18. The first-order chi connectivity index (χ1) is 14.5. The number of anilines is 2. The summed E-state index contributed by atoms with van der Waals surface area (Å²) >= 11 is 0. The maximum absolute atomic E-state index is 4.80. The van der Waals surface area contributed by atoms with Crippen LogP contribution in [-0.4, -0.2) is 36.1 Å². The quantitative estimate of drug-likeness (QED) is 0.618. The summed E-state index contributed by atoms with van der Waals surface area (Å²) in [5, 5.41) is 8.47. The Morgan fingerprint density at radius 3 is 2.40 bits per heavy atom. The molecule has 4 rings (SSSR count). The van der Waals surface area contributed by atoms with Gasteiger partial charge < -0.3 is 15.5 Å². The Bertz CT molecular complexity index is 1010. The lowest BCUT2D eigenvalue weighted by Gasteiger charge is -2.30. The van der Waals surface area contributed by atoms with Crippen molar-refractivity contribution in [1.82, 2.24) is 15.3 Å². The first kappa shape index (κ1) is 20.6. The molecule has 0 radical (unpaired) electrons. The van der Waals surface area contributed by atoms with Crippen LogP contribution in [0.25, 0.3) is 10.9 Å². The zero-order valence-electron chi connectivity index (χ0n) is 18.6. The number of hydrogen-bond acceptors (Lipinski definition) is 5. The number of nitrogens with zero attached hydrogens (tertiary/aromatic N) is 3. The third-order valence-electron chi connectivity index (χ3n) is 6.37. The molecule has 0 spiro atoms. The van der Waals surface area contributed by atoms with Crippen LogP contribution in [0.2, 0.25) is 0 Å². The maximum Gasteiger partial charge on any atom is 0.225 e. The largest absolute Gasteiger partial charge is 0.362 e. The third-order valence-corrected chi connectivity index (χ3v) is 6.37. The van der Waals surface area contributed by atoms with Crippen molar-refractivity contribution in [3.05, 3.63) is 59.2 Å². The van der Waals surface area contributed by atoms with Crippen molar-refractivity contribution in [2.24, 2.45) is 0 Å². The highest BCUT2D eigenvalue weighted by Crippen LogP contribution is 2.26. The molecule has 5 nitrogen and oxygen atoms in total. The average molecular weight is 404 g/mol. The molecule has 30 heavy (non-hydrogen) atoms. The monoisotopic (exact) mass is 403 g/mol. The lowest BCUT2D eigenvalue weighted by atomic mass is 9.91. The topological polar surface area (TPSA) is 53.1 Å². The molecule has 2 N–H and O–H groups in total. The van der Waals surface area contributed by atoms with Crippen molar-refractivity contribution in [3.63, 3.8) is 0 Å². The molecule has 158 valence electrons. The summed E-state index contributed by atoms with van der Waals surface area (Å²) in [4.78, 5) is 11.6. The van der Waals surface area contributed by atoms with Crippen LogP contribution in [0.1, 0.15) is 42.4 Å². The highest BCUT2D eigenvalue weighted by Gasteiger charge is 2.22. The van der Waals surface area contributed by atoms with Gasteiger partial charge in [-0.2, -0.15) is 4.98 Å². The van der Waals surface area contributed by atoms with Crippen LogP contribution < -0.4 is 15.5 Å². The molecule has 1 aromatic heterocycles. The van der Waals surface area contributed by atoms with E-state index in [0.717, 1.165) is 42.1 Å². The van der Waals surface area contributed by atoms with Crippen molar-refractivity contribution < 1.29 is 0 Å². The number of benzene rings is 2. The van der Waals surface area contributed by atoms with Crippen LogP contribution in [0.3, 0.4) is 0 Å². The molecule has 2 aromatic carbocycles. The van der Waals surface area contributed by atoms with Crippen molar-refractivity contribution >= 4 is 22.7 Å². The third kappa shape index (κ3) is 4.57. The van der Waals surface area contributed by atoms with Gasteiger partial charge in [0.15, 0.2) is 0 Å². The molecule has 1 fully saturated rings. The fourth-order valence-corrected chi connectivity index (χ4v) is 4.35. The molecule has 5 heteroatoms. The second-order valence-electron chi connectivity index (χ2n) is 8.72. The number of para-hydroxylation sites is 1. The van der Waals surface area contributed by atoms with Gasteiger partial charge in [-0.15, -0.1) is 0 Å². The fraction of sp³-hybridized carbons (Fsp3) is 0.440. The Balaban J connectivity index is 1.35. The minimum Gasteiger partial charge on any atom is -0.362 e. The summed E-state index contributed by atoms with van der Waals surface area (Å²) in [6.07, 6.45) is 4.63. The molecular formula is C25H33N5. The average Bonchev–Trinajstić information content (AvgIpc) is 2.75. The van der Waals surface area contributed by atoms with Gasteiger partial charge in [-0.05, 0) is 68.4 Å². The minimum absolute atomic E-state index is 0.430. The Kier molecular flexibility index (Phi) is 6.18. The first-order valence-corrected chi connectivity index (χ1v) is 11.0. The Hall–Kier alpha value is -2.66. The molecule has 3 aromatic rings. The molecule has 0 atom stereocenters. The van der Waals surface area contributed by atoms with Crippen LogP contribution >= 0.6 is 0 Å². The van der Waals surface area contributed by atoms with Crippen LogP contribution in [0.15, 0.2) is 42.5 Å². The van der Waals surface area contributed by atoms with E-state index in [-0.39, 0.29) is 0 Å². The van der Waals surface area contributed by atoms with E-state index in [1.54, 1.807) is 0 Å². The molecule has 0 saturated heterocycles. The van der Waals surface area contributed by atoms with Gasteiger partial charge in [-0.25, -0.2) is 4.98 Å². The number of nitrogens with one attached hydrogen (secondary N) is 2. The summed E-state index contributed by atoms with van der Waals surface area (Å²) in [5.74, 6) is 1.70. The summed E-state index contributed by atoms with van der Waals surface area (Å²) in [7, 11) is 4.07. The molecule has 0 bridgehead atoms. The number of aryl methyl sites for hydroxylation is 1. The van der Waals surface area contributed by atoms with Crippen molar-refractivity contribution in [3.8, 4) is 0 Å². The second-order valence-corrected chi connectivity index (χ2v) is 8.72. The van der Waals surface area contributed by atoms with Gasteiger partial charge in [0.25, 0.3) is 0 Å². The van der Waals surface area contributed by atoms with Gasteiger partial charge in [0.2, 0.25) is 5.95 Å². The molecule has 1 aliphatic rings.